The molecule has 0 saturated heterocycles. The van der Waals surface area contributed by atoms with Crippen LogP contribution in [-0.4, -0.2) is 57.3 Å². The summed E-state index contributed by atoms with van der Waals surface area (Å²) in [7, 11) is 0. The summed E-state index contributed by atoms with van der Waals surface area (Å²) in [5, 5.41) is 0. The standard InChI is InChI=1S/C36H38O6Te/c1-35(2,3)41-33(37)23-39-31-19-17-27(21-29(31)25-13-9-7-10-14-25)43-28-18-20-32(40-24-34(38)42-36(4,5)6)30(22-28)26-15-11-8-12-16-26/h7-22H,23-24H2,1-6H3. The van der Waals surface area contributed by atoms with Crippen molar-refractivity contribution in [1.82, 2.24) is 0 Å². The van der Waals surface area contributed by atoms with E-state index in [9.17, 15) is 9.59 Å². The number of rotatable bonds is 10. The molecular formula is C36H38O6Te. The van der Waals surface area contributed by atoms with Crippen LogP contribution in [0.15, 0.2) is 97.1 Å². The van der Waals surface area contributed by atoms with Crippen LogP contribution in [0, 0.1) is 0 Å². The molecule has 0 unspecified atom stereocenters. The van der Waals surface area contributed by atoms with E-state index in [0.29, 0.717) is 11.5 Å². The van der Waals surface area contributed by atoms with Crippen molar-refractivity contribution in [3.8, 4) is 33.8 Å². The summed E-state index contributed by atoms with van der Waals surface area (Å²) in [6.07, 6.45) is 0. The van der Waals surface area contributed by atoms with Crippen molar-refractivity contribution in [2.45, 2.75) is 52.7 Å². The van der Waals surface area contributed by atoms with Gasteiger partial charge in [0.05, 0.1) is 0 Å². The van der Waals surface area contributed by atoms with E-state index in [1.807, 2.05) is 114 Å². The third-order valence-corrected chi connectivity index (χ3v) is 8.63. The Morgan fingerprint density at radius 2 is 0.930 bits per heavy atom. The van der Waals surface area contributed by atoms with E-state index < -0.39 is 44.1 Å². The summed E-state index contributed by atoms with van der Waals surface area (Å²) < 4.78 is 25.2. The molecule has 43 heavy (non-hydrogen) atoms. The normalized spacial score (nSPS) is 11.5. The van der Waals surface area contributed by atoms with Crippen molar-refractivity contribution >= 4 is 40.1 Å². The third kappa shape index (κ3) is 10.2. The van der Waals surface area contributed by atoms with Gasteiger partial charge in [0, 0.05) is 0 Å². The van der Waals surface area contributed by atoms with Gasteiger partial charge in [-0.1, -0.05) is 0 Å². The molecule has 0 N–H and O–H groups in total. The Morgan fingerprint density at radius 3 is 1.28 bits per heavy atom. The minimum absolute atomic E-state index is 0.168. The monoisotopic (exact) mass is 696 g/mol. The van der Waals surface area contributed by atoms with Crippen molar-refractivity contribution in [1.29, 1.82) is 0 Å². The quantitative estimate of drug-likeness (QED) is 0.147. The molecule has 0 radical (unpaired) electrons. The van der Waals surface area contributed by atoms with Gasteiger partial charge in [-0.2, -0.15) is 0 Å². The van der Waals surface area contributed by atoms with Crippen LogP contribution < -0.4 is 16.7 Å². The van der Waals surface area contributed by atoms with Gasteiger partial charge in [-0.05, 0) is 0 Å². The first-order chi connectivity index (χ1) is 20.4. The number of hydrogen-bond donors (Lipinski definition) is 0. The van der Waals surface area contributed by atoms with E-state index in [-0.39, 0.29) is 13.2 Å². The van der Waals surface area contributed by atoms with Crippen LogP contribution in [0.1, 0.15) is 41.5 Å². The molecule has 224 valence electrons. The Kier molecular flexibility index (Phi) is 10.6. The third-order valence-electron chi connectivity index (χ3n) is 5.84. The maximum absolute atomic E-state index is 12.3. The summed E-state index contributed by atoms with van der Waals surface area (Å²) in [6.45, 7) is 10.7. The molecule has 0 amide bonds. The molecule has 0 aliphatic rings. The van der Waals surface area contributed by atoms with Crippen molar-refractivity contribution in [3.63, 3.8) is 0 Å². The number of esters is 2. The van der Waals surface area contributed by atoms with E-state index in [2.05, 4.69) is 24.3 Å². The Morgan fingerprint density at radius 1 is 0.558 bits per heavy atom. The van der Waals surface area contributed by atoms with Crippen LogP contribution in [0.25, 0.3) is 22.3 Å². The number of carbonyl (C=O) groups excluding carboxylic acids is 2. The van der Waals surface area contributed by atoms with Crippen LogP contribution in [-0.2, 0) is 19.1 Å². The summed E-state index contributed by atoms with van der Waals surface area (Å²) in [5.74, 6) is 0.437. The maximum atomic E-state index is 12.3. The minimum atomic E-state index is -0.818. The first-order valence-electron chi connectivity index (χ1n) is 14.1. The Bertz CT molecular complexity index is 1420. The zero-order valence-electron chi connectivity index (χ0n) is 25.5. The number of benzene rings is 4. The van der Waals surface area contributed by atoms with E-state index >= 15 is 0 Å². The van der Waals surface area contributed by atoms with Gasteiger partial charge in [0.25, 0.3) is 0 Å². The van der Waals surface area contributed by atoms with E-state index in [0.717, 1.165) is 22.3 Å². The van der Waals surface area contributed by atoms with Gasteiger partial charge < -0.3 is 0 Å². The Hall–Kier alpha value is -3.79. The predicted octanol–water partition coefficient (Wildman–Crippen LogP) is 6.12. The summed E-state index contributed by atoms with van der Waals surface area (Å²) in [6, 6.07) is 32.3. The summed E-state index contributed by atoms with van der Waals surface area (Å²) >= 11 is -0.818. The van der Waals surface area contributed by atoms with Crippen molar-refractivity contribution in [2.75, 3.05) is 13.2 Å². The molecule has 0 heterocycles. The topological polar surface area (TPSA) is 71.1 Å². The Labute approximate surface area is 264 Å². The molecule has 0 saturated carbocycles. The zero-order chi connectivity index (χ0) is 31.0. The molecule has 4 rings (SSSR count). The molecule has 0 fully saturated rings. The predicted molar refractivity (Wildman–Crippen MR) is 171 cm³/mol. The molecule has 6 nitrogen and oxygen atoms in total. The molecule has 0 aromatic heterocycles. The van der Waals surface area contributed by atoms with E-state index in [1.165, 1.54) is 7.22 Å². The molecule has 0 spiro atoms. The zero-order valence-corrected chi connectivity index (χ0v) is 27.8. The van der Waals surface area contributed by atoms with Crippen molar-refractivity contribution in [3.05, 3.63) is 97.1 Å². The average Bonchev–Trinajstić information content (AvgIpc) is 2.95. The second-order valence-electron chi connectivity index (χ2n) is 11.9. The second kappa shape index (κ2) is 14.1. The first-order valence-corrected chi connectivity index (χ1v) is 16.5. The van der Waals surface area contributed by atoms with Gasteiger partial charge in [0.15, 0.2) is 0 Å². The number of ether oxygens (including phenoxy) is 4. The fraction of sp³-hybridized carbons (Fsp3) is 0.278. The number of hydrogen-bond acceptors (Lipinski definition) is 6. The summed E-state index contributed by atoms with van der Waals surface area (Å²) in [4.78, 5) is 24.7. The molecule has 4 aromatic carbocycles. The van der Waals surface area contributed by atoms with Crippen molar-refractivity contribution < 1.29 is 28.5 Å². The van der Waals surface area contributed by atoms with E-state index in [1.54, 1.807) is 0 Å². The molecule has 0 atom stereocenters. The fourth-order valence-corrected chi connectivity index (χ4v) is 6.80. The number of carbonyl (C=O) groups is 2. The molecular weight excluding hydrogens is 656 g/mol. The van der Waals surface area contributed by atoms with Gasteiger partial charge in [0.2, 0.25) is 0 Å². The molecule has 4 aromatic rings. The van der Waals surface area contributed by atoms with Gasteiger partial charge in [0.1, 0.15) is 0 Å². The Balaban J connectivity index is 1.60. The average molecular weight is 694 g/mol. The van der Waals surface area contributed by atoms with Crippen LogP contribution in [0.3, 0.4) is 0 Å². The van der Waals surface area contributed by atoms with Crippen LogP contribution in [0.4, 0.5) is 0 Å². The second-order valence-corrected chi connectivity index (χ2v) is 15.2. The summed E-state index contributed by atoms with van der Waals surface area (Å²) in [5.41, 5.74) is 2.71. The van der Waals surface area contributed by atoms with Gasteiger partial charge in [-0.25, -0.2) is 0 Å². The molecule has 0 bridgehead atoms. The molecule has 0 aliphatic heterocycles. The van der Waals surface area contributed by atoms with Gasteiger partial charge in [-0.15, -0.1) is 0 Å². The first kappa shape index (κ1) is 32.1. The van der Waals surface area contributed by atoms with Crippen LogP contribution in [0.2, 0.25) is 0 Å². The van der Waals surface area contributed by atoms with Crippen molar-refractivity contribution in [2.24, 2.45) is 0 Å². The van der Waals surface area contributed by atoms with Crippen LogP contribution >= 0.6 is 0 Å². The van der Waals surface area contributed by atoms with Crippen LogP contribution in [0.5, 0.6) is 11.5 Å². The molecule has 7 heteroatoms. The SMILES string of the molecule is CC(C)(C)OC(=O)COc1ccc([Te]c2ccc(OCC(=O)OC(C)(C)C)c(-c3ccccc3)c2)cc1-c1ccccc1. The fourth-order valence-electron chi connectivity index (χ4n) is 4.23. The van der Waals surface area contributed by atoms with Gasteiger partial charge in [-0.3, -0.25) is 0 Å². The van der Waals surface area contributed by atoms with E-state index in [4.69, 9.17) is 18.9 Å². The molecule has 0 aliphatic carbocycles. The van der Waals surface area contributed by atoms with Gasteiger partial charge >= 0.3 is 265 Å².